The van der Waals surface area contributed by atoms with Crippen molar-refractivity contribution in [3.05, 3.63) is 66.0 Å². The molecule has 4 aromatic rings. The Bertz CT molecular complexity index is 1700. The Balaban J connectivity index is 1.30. The molecule has 0 spiro atoms. The van der Waals surface area contributed by atoms with Gasteiger partial charge >= 0.3 is 0 Å². The molecule has 2 aliphatic rings. The van der Waals surface area contributed by atoms with E-state index in [0.29, 0.717) is 33.8 Å². The molecule has 0 bridgehead atoms. The monoisotopic (exact) mass is 614 g/mol. The Morgan fingerprint density at radius 2 is 2.00 bits per heavy atom. The number of nitrogens with zero attached hydrogens (tertiary/aromatic N) is 6. The molecule has 0 aliphatic carbocycles. The average Bonchev–Trinajstić information content (AvgIpc) is 3.41. The number of para-hydroxylation sites is 1. The molecule has 6 rings (SSSR count). The third-order valence-electron chi connectivity index (χ3n) is 8.59. The van der Waals surface area contributed by atoms with E-state index in [2.05, 4.69) is 72.9 Å². The first-order valence-electron chi connectivity index (χ1n) is 15.0. The van der Waals surface area contributed by atoms with Gasteiger partial charge in [-0.3, -0.25) is 9.69 Å². The lowest BCUT2D eigenvalue weighted by Crippen LogP contribution is -2.46. The molecule has 4 heterocycles. The molecule has 11 heteroatoms. The minimum absolute atomic E-state index is 0.298. The number of likely N-dealkylation sites (N-methyl/N-ethyl adjacent to an activating group) is 2. The second-order valence-corrected chi connectivity index (χ2v) is 11.9. The summed E-state index contributed by atoms with van der Waals surface area (Å²) in [5, 5.41) is 7.89. The number of rotatable bonds is 10. The van der Waals surface area contributed by atoms with E-state index in [-0.39, 0.29) is 5.91 Å². The predicted octanol–water partition coefficient (Wildman–Crippen LogP) is 5.26. The van der Waals surface area contributed by atoms with Gasteiger partial charge in [-0.1, -0.05) is 36.4 Å². The molecule has 1 amide bonds. The third kappa shape index (κ3) is 6.10. The molecule has 10 nitrogen and oxygen atoms in total. The Morgan fingerprint density at radius 3 is 2.77 bits per heavy atom. The van der Waals surface area contributed by atoms with Gasteiger partial charge in [-0.05, 0) is 37.6 Å². The first kappa shape index (κ1) is 29.9. The fraction of sp³-hybridized carbons (Fsp3) is 0.364. The summed E-state index contributed by atoms with van der Waals surface area (Å²) < 4.78 is 8.11. The molecule has 0 unspecified atom stereocenters. The molecular formula is C33H39ClN8O2. The van der Waals surface area contributed by atoms with Gasteiger partial charge in [-0.25, -0.2) is 9.97 Å². The number of carbonyl (C=O) groups is 1. The fourth-order valence-electron chi connectivity index (χ4n) is 6.10. The summed E-state index contributed by atoms with van der Waals surface area (Å²) >= 11 is 6.69. The van der Waals surface area contributed by atoms with Gasteiger partial charge in [-0.15, -0.1) is 0 Å². The number of ether oxygens (including phenoxy) is 1. The summed E-state index contributed by atoms with van der Waals surface area (Å²) in [6.07, 6.45) is 7.19. The minimum Gasteiger partial charge on any atom is -0.494 e. The van der Waals surface area contributed by atoms with Gasteiger partial charge in [0.2, 0.25) is 11.9 Å². The number of nitrogens with one attached hydrogen (secondary N) is 2. The highest BCUT2D eigenvalue weighted by Crippen LogP contribution is 2.40. The van der Waals surface area contributed by atoms with Crippen molar-refractivity contribution in [3.63, 3.8) is 0 Å². The predicted molar refractivity (Wildman–Crippen MR) is 179 cm³/mol. The molecule has 230 valence electrons. The zero-order valence-electron chi connectivity index (χ0n) is 25.6. The van der Waals surface area contributed by atoms with E-state index in [9.17, 15) is 4.79 Å². The molecule has 0 atom stereocenters. The van der Waals surface area contributed by atoms with E-state index in [0.717, 1.165) is 75.3 Å². The number of piperazine rings is 1. The zero-order chi connectivity index (χ0) is 30.8. The van der Waals surface area contributed by atoms with Crippen molar-refractivity contribution in [1.82, 2.24) is 24.3 Å². The lowest BCUT2D eigenvalue weighted by molar-refractivity contribution is -0.111. The van der Waals surface area contributed by atoms with Crippen molar-refractivity contribution in [1.29, 1.82) is 0 Å². The molecule has 2 aliphatic heterocycles. The van der Waals surface area contributed by atoms with Crippen molar-refractivity contribution < 1.29 is 9.53 Å². The van der Waals surface area contributed by atoms with Gasteiger partial charge in [0, 0.05) is 76.1 Å². The molecule has 2 aromatic carbocycles. The van der Waals surface area contributed by atoms with Crippen molar-refractivity contribution in [2.45, 2.75) is 19.4 Å². The Labute approximate surface area is 263 Å². The SMILES string of the molecule is C=CC(=O)Nc1cc(Nc2ncc(Cl)c(-c3cn4c5c(cccc35)CCC4)n2)c(OC)cc1N(C)CCN1CCN(C)CC1. The highest BCUT2D eigenvalue weighted by atomic mass is 35.5. The highest BCUT2D eigenvalue weighted by molar-refractivity contribution is 6.33. The van der Waals surface area contributed by atoms with Gasteiger partial charge < -0.3 is 29.7 Å². The second kappa shape index (κ2) is 12.9. The van der Waals surface area contributed by atoms with Crippen LogP contribution in [0.4, 0.5) is 23.0 Å². The first-order chi connectivity index (χ1) is 21.3. The summed E-state index contributed by atoms with van der Waals surface area (Å²) in [6.45, 7) is 10.5. The topological polar surface area (TPSA) is 90.8 Å². The lowest BCUT2D eigenvalue weighted by Gasteiger charge is -2.34. The number of halogens is 1. The van der Waals surface area contributed by atoms with Gasteiger partial charge in [0.05, 0.1) is 46.6 Å². The maximum absolute atomic E-state index is 12.5. The van der Waals surface area contributed by atoms with Crippen molar-refractivity contribution in [3.8, 4) is 17.0 Å². The molecule has 0 saturated carbocycles. The van der Waals surface area contributed by atoms with E-state index in [4.69, 9.17) is 21.3 Å². The van der Waals surface area contributed by atoms with Gasteiger partial charge in [0.15, 0.2) is 0 Å². The van der Waals surface area contributed by atoms with Crippen LogP contribution in [0.15, 0.2) is 55.4 Å². The largest absolute Gasteiger partial charge is 0.494 e. The van der Waals surface area contributed by atoms with Crippen LogP contribution in [0, 0.1) is 0 Å². The van der Waals surface area contributed by atoms with E-state index in [1.165, 1.54) is 17.2 Å². The standard InChI is InChI=1S/C33H39ClN8O2/c1-5-30(43)36-26-18-27(29(44-4)19-28(26)40(3)14-17-41-15-12-39(2)13-16-41)37-33-35-20-25(34)31(38-33)24-21-42-11-7-9-22-8-6-10-23(24)32(22)42/h5-6,8,10,18-21H,1,7,9,11-17H2,2-4H3,(H,36,43)(H,35,37,38). The van der Waals surface area contributed by atoms with Crippen LogP contribution in [0.3, 0.4) is 0 Å². The molecule has 44 heavy (non-hydrogen) atoms. The van der Waals surface area contributed by atoms with Crippen LogP contribution < -0.4 is 20.3 Å². The minimum atomic E-state index is -0.298. The fourth-order valence-corrected chi connectivity index (χ4v) is 6.29. The van der Waals surface area contributed by atoms with Gasteiger partial charge in [0.1, 0.15) is 5.75 Å². The number of aromatic nitrogens is 3. The van der Waals surface area contributed by atoms with Gasteiger partial charge in [0.25, 0.3) is 0 Å². The lowest BCUT2D eigenvalue weighted by atomic mass is 10.0. The second-order valence-electron chi connectivity index (χ2n) is 11.5. The normalized spacial score (nSPS) is 15.3. The smallest absolute Gasteiger partial charge is 0.247 e. The number of benzene rings is 2. The summed E-state index contributed by atoms with van der Waals surface area (Å²) in [5.41, 5.74) is 6.30. The van der Waals surface area contributed by atoms with E-state index < -0.39 is 0 Å². The zero-order valence-corrected chi connectivity index (χ0v) is 26.3. The maximum atomic E-state index is 12.5. The van der Waals surface area contributed by atoms with Crippen LogP contribution >= 0.6 is 11.6 Å². The molecule has 0 radical (unpaired) electrons. The Morgan fingerprint density at radius 1 is 1.18 bits per heavy atom. The number of carbonyl (C=O) groups excluding carboxylic acids is 1. The quantitative estimate of drug-likeness (QED) is 0.234. The maximum Gasteiger partial charge on any atom is 0.247 e. The molecule has 2 N–H and O–H groups in total. The van der Waals surface area contributed by atoms with Crippen LogP contribution in [-0.2, 0) is 17.8 Å². The Kier molecular flexibility index (Phi) is 8.74. The summed E-state index contributed by atoms with van der Waals surface area (Å²) in [4.78, 5) is 28.8. The van der Waals surface area contributed by atoms with E-state index in [1.54, 1.807) is 13.3 Å². The number of hydrogen-bond donors (Lipinski definition) is 2. The average molecular weight is 615 g/mol. The van der Waals surface area contributed by atoms with Crippen molar-refractivity contribution >= 4 is 51.4 Å². The van der Waals surface area contributed by atoms with Crippen LogP contribution in [0.1, 0.15) is 12.0 Å². The van der Waals surface area contributed by atoms with Crippen molar-refractivity contribution in [2.24, 2.45) is 0 Å². The molecule has 1 saturated heterocycles. The van der Waals surface area contributed by atoms with E-state index in [1.807, 2.05) is 19.2 Å². The van der Waals surface area contributed by atoms with Gasteiger partial charge in [-0.2, -0.15) is 0 Å². The molecular weight excluding hydrogens is 576 g/mol. The number of amides is 1. The first-order valence-corrected chi connectivity index (χ1v) is 15.4. The number of aryl methyl sites for hydroxylation is 2. The summed E-state index contributed by atoms with van der Waals surface area (Å²) in [7, 11) is 5.80. The van der Waals surface area contributed by atoms with E-state index >= 15 is 0 Å². The number of anilines is 4. The van der Waals surface area contributed by atoms with Crippen LogP contribution in [0.5, 0.6) is 5.75 Å². The van der Waals surface area contributed by atoms with Crippen molar-refractivity contribution in [2.75, 3.05) is 76.0 Å². The van der Waals surface area contributed by atoms with Crippen LogP contribution in [0.25, 0.3) is 22.2 Å². The third-order valence-corrected chi connectivity index (χ3v) is 8.87. The highest BCUT2D eigenvalue weighted by Gasteiger charge is 2.22. The number of methoxy groups -OCH3 is 1. The molecule has 2 aromatic heterocycles. The Hall–Kier alpha value is -4.12. The van der Waals surface area contributed by atoms with Crippen LogP contribution in [0.2, 0.25) is 5.02 Å². The molecule has 1 fully saturated rings. The summed E-state index contributed by atoms with van der Waals surface area (Å²) in [6, 6.07) is 10.2. The number of hydrogen-bond acceptors (Lipinski definition) is 8. The van der Waals surface area contributed by atoms with Crippen LogP contribution in [-0.4, -0.2) is 90.7 Å². The summed E-state index contributed by atoms with van der Waals surface area (Å²) in [5.74, 6) is 0.662.